The van der Waals surface area contributed by atoms with Gasteiger partial charge in [-0.15, -0.1) is 0 Å². The zero-order valence-corrected chi connectivity index (χ0v) is 13.2. The molecule has 1 saturated heterocycles. The summed E-state index contributed by atoms with van der Waals surface area (Å²) in [7, 11) is 0. The van der Waals surface area contributed by atoms with Gasteiger partial charge in [-0.3, -0.25) is 4.90 Å². The van der Waals surface area contributed by atoms with Crippen LogP contribution in [0.5, 0.6) is 0 Å². The lowest BCUT2D eigenvalue weighted by molar-refractivity contribution is 0.186. The van der Waals surface area contributed by atoms with Gasteiger partial charge < -0.3 is 5.32 Å². The van der Waals surface area contributed by atoms with Gasteiger partial charge >= 0.3 is 0 Å². The molecule has 1 aliphatic heterocycles. The molecule has 1 N–H and O–H groups in total. The van der Waals surface area contributed by atoms with Crippen molar-refractivity contribution in [2.45, 2.75) is 72.4 Å². The molecule has 1 fully saturated rings. The fourth-order valence-electron chi connectivity index (χ4n) is 3.08. The predicted molar refractivity (Wildman–Crippen MR) is 81.0 cm³/mol. The molecule has 0 saturated carbocycles. The Morgan fingerprint density at radius 2 is 1.83 bits per heavy atom. The molecule has 2 heteroatoms. The van der Waals surface area contributed by atoms with Crippen LogP contribution in [0.15, 0.2) is 0 Å². The van der Waals surface area contributed by atoms with Crippen LogP contribution in [0.3, 0.4) is 0 Å². The number of likely N-dealkylation sites (tertiary alicyclic amines) is 1. The van der Waals surface area contributed by atoms with E-state index in [9.17, 15) is 0 Å². The number of hydrogen-bond donors (Lipinski definition) is 1. The average Bonchev–Trinajstić information content (AvgIpc) is 2.55. The zero-order chi connectivity index (χ0) is 13.5. The van der Waals surface area contributed by atoms with Gasteiger partial charge in [-0.25, -0.2) is 0 Å². The minimum absolute atomic E-state index is 0.606. The molecule has 0 bridgehead atoms. The summed E-state index contributed by atoms with van der Waals surface area (Å²) in [5, 5.41) is 3.61. The molecule has 108 valence electrons. The van der Waals surface area contributed by atoms with Crippen molar-refractivity contribution in [3.8, 4) is 0 Å². The van der Waals surface area contributed by atoms with E-state index in [1.165, 1.54) is 38.8 Å². The van der Waals surface area contributed by atoms with Crippen LogP contribution in [-0.2, 0) is 0 Å². The van der Waals surface area contributed by atoms with Crippen molar-refractivity contribution >= 4 is 0 Å². The molecular formula is C16H34N2. The molecule has 0 aliphatic carbocycles. The second-order valence-electron chi connectivity index (χ2n) is 6.60. The Kier molecular flexibility index (Phi) is 7.25. The first-order chi connectivity index (χ1) is 8.54. The van der Waals surface area contributed by atoms with Crippen molar-refractivity contribution in [1.82, 2.24) is 10.2 Å². The highest BCUT2D eigenvalue weighted by molar-refractivity contribution is 4.79. The van der Waals surface area contributed by atoms with Gasteiger partial charge in [-0.05, 0) is 50.6 Å². The van der Waals surface area contributed by atoms with Crippen LogP contribution in [-0.4, -0.2) is 36.6 Å². The van der Waals surface area contributed by atoms with Crippen molar-refractivity contribution in [3.63, 3.8) is 0 Å². The molecule has 1 heterocycles. The fourth-order valence-corrected chi connectivity index (χ4v) is 3.08. The van der Waals surface area contributed by atoms with Crippen molar-refractivity contribution in [2.75, 3.05) is 19.6 Å². The average molecular weight is 254 g/mol. The van der Waals surface area contributed by atoms with Crippen LogP contribution >= 0.6 is 0 Å². The van der Waals surface area contributed by atoms with Crippen LogP contribution in [0.1, 0.15) is 60.3 Å². The maximum atomic E-state index is 3.61. The lowest BCUT2D eigenvalue weighted by Crippen LogP contribution is -2.44. The summed E-state index contributed by atoms with van der Waals surface area (Å²) in [4.78, 5) is 2.73. The quantitative estimate of drug-likeness (QED) is 0.780. The number of hydrogen-bond acceptors (Lipinski definition) is 2. The Labute approximate surface area is 115 Å². The number of nitrogens with zero attached hydrogens (tertiary/aromatic N) is 1. The Bertz CT molecular complexity index is 213. The molecular weight excluding hydrogens is 220 g/mol. The molecule has 0 aromatic rings. The topological polar surface area (TPSA) is 15.3 Å². The van der Waals surface area contributed by atoms with E-state index in [-0.39, 0.29) is 0 Å². The third-order valence-corrected chi connectivity index (χ3v) is 4.50. The van der Waals surface area contributed by atoms with E-state index in [0.717, 1.165) is 24.4 Å². The second-order valence-corrected chi connectivity index (χ2v) is 6.60. The Hall–Kier alpha value is -0.0800. The van der Waals surface area contributed by atoms with Gasteiger partial charge in [0.2, 0.25) is 0 Å². The van der Waals surface area contributed by atoms with Gasteiger partial charge in [0.15, 0.2) is 0 Å². The van der Waals surface area contributed by atoms with Crippen LogP contribution in [0, 0.1) is 11.8 Å². The van der Waals surface area contributed by atoms with E-state index in [0.29, 0.717) is 6.04 Å². The van der Waals surface area contributed by atoms with E-state index in [1.807, 2.05) is 0 Å². The van der Waals surface area contributed by atoms with Crippen LogP contribution in [0.2, 0.25) is 0 Å². The smallest absolute Gasteiger partial charge is 0.0218 e. The molecule has 18 heavy (non-hydrogen) atoms. The van der Waals surface area contributed by atoms with Crippen molar-refractivity contribution < 1.29 is 0 Å². The molecule has 2 unspecified atom stereocenters. The van der Waals surface area contributed by atoms with Crippen molar-refractivity contribution in [3.05, 3.63) is 0 Å². The van der Waals surface area contributed by atoms with Gasteiger partial charge in [0.05, 0.1) is 0 Å². The lowest BCUT2D eigenvalue weighted by atomic mass is 9.89. The van der Waals surface area contributed by atoms with Crippen molar-refractivity contribution in [2.24, 2.45) is 11.8 Å². The van der Waals surface area contributed by atoms with E-state index in [4.69, 9.17) is 0 Å². The maximum absolute atomic E-state index is 3.61. The third-order valence-electron chi connectivity index (χ3n) is 4.50. The molecule has 1 rings (SSSR count). The highest BCUT2D eigenvalue weighted by Crippen LogP contribution is 2.25. The molecule has 0 amide bonds. The van der Waals surface area contributed by atoms with Crippen molar-refractivity contribution in [1.29, 1.82) is 0 Å². The van der Waals surface area contributed by atoms with E-state index in [1.54, 1.807) is 0 Å². The molecule has 2 nitrogen and oxygen atoms in total. The zero-order valence-electron chi connectivity index (χ0n) is 13.2. The second kappa shape index (κ2) is 8.16. The SMILES string of the molecule is CCC(CNC(C)C)N1CCCC(C(C)C)CC1. The normalized spacial score (nSPS) is 24.5. The Morgan fingerprint density at radius 3 is 2.39 bits per heavy atom. The molecule has 1 aliphatic rings. The third kappa shape index (κ3) is 5.27. The number of rotatable bonds is 6. The first-order valence-electron chi connectivity index (χ1n) is 8.02. The standard InChI is InChI=1S/C16H34N2/c1-6-16(12-17-14(4)5)18-10-7-8-15(9-11-18)13(2)3/h13-17H,6-12H2,1-5H3. The van der Waals surface area contributed by atoms with E-state index in [2.05, 4.69) is 44.8 Å². The summed E-state index contributed by atoms with van der Waals surface area (Å²) in [5.41, 5.74) is 0. The van der Waals surface area contributed by atoms with Crippen LogP contribution < -0.4 is 5.32 Å². The maximum Gasteiger partial charge on any atom is 0.0218 e. The monoisotopic (exact) mass is 254 g/mol. The summed E-state index contributed by atoms with van der Waals surface area (Å²) < 4.78 is 0. The molecule has 0 aromatic carbocycles. The minimum atomic E-state index is 0.606. The van der Waals surface area contributed by atoms with Gasteiger partial charge in [0.1, 0.15) is 0 Å². The lowest BCUT2D eigenvalue weighted by Gasteiger charge is -2.31. The predicted octanol–water partition coefficient (Wildman–Crippen LogP) is 3.52. The first-order valence-corrected chi connectivity index (χ1v) is 8.02. The molecule has 0 aromatic heterocycles. The summed E-state index contributed by atoms with van der Waals surface area (Å²) in [6.45, 7) is 15.4. The summed E-state index contributed by atoms with van der Waals surface area (Å²) in [6, 6.07) is 1.34. The Morgan fingerprint density at radius 1 is 1.11 bits per heavy atom. The summed E-state index contributed by atoms with van der Waals surface area (Å²) in [6.07, 6.45) is 5.49. The van der Waals surface area contributed by atoms with Gasteiger partial charge in [-0.2, -0.15) is 0 Å². The van der Waals surface area contributed by atoms with Gasteiger partial charge in [0.25, 0.3) is 0 Å². The minimum Gasteiger partial charge on any atom is -0.313 e. The molecule has 2 atom stereocenters. The molecule has 0 radical (unpaired) electrons. The van der Waals surface area contributed by atoms with E-state index >= 15 is 0 Å². The van der Waals surface area contributed by atoms with Gasteiger partial charge in [-0.1, -0.05) is 34.6 Å². The highest BCUT2D eigenvalue weighted by Gasteiger charge is 2.23. The fraction of sp³-hybridized carbons (Fsp3) is 1.00. The Balaban J connectivity index is 2.43. The largest absolute Gasteiger partial charge is 0.313 e. The van der Waals surface area contributed by atoms with E-state index < -0.39 is 0 Å². The number of nitrogens with one attached hydrogen (secondary N) is 1. The summed E-state index contributed by atoms with van der Waals surface area (Å²) >= 11 is 0. The molecule has 0 spiro atoms. The highest BCUT2D eigenvalue weighted by atomic mass is 15.2. The van der Waals surface area contributed by atoms with Crippen LogP contribution in [0.25, 0.3) is 0 Å². The van der Waals surface area contributed by atoms with Crippen LogP contribution in [0.4, 0.5) is 0 Å². The first kappa shape index (κ1) is 16.0. The van der Waals surface area contributed by atoms with Gasteiger partial charge in [0, 0.05) is 18.6 Å². The summed E-state index contributed by atoms with van der Waals surface area (Å²) in [5.74, 6) is 1.81.